The SMILES string of the molecule is BCC(=O)c1ccc2c(c1)COCc1cc(C(=O)CO)ccc1-2. The minimum Gasteiger partial charge on any atom is -0.388 e. The van der Waals surface area contributed by atoms with E-state index >= 15 is 0 Å². The maximum absolute atomic E-state index is 11.9. The summed E-state index contributed by atoms with van der Waals surface area (Å²) in [6.45, 7) is 0.324. The lowest BCUT2D eigenvalue weighted by Crippen LogP contribution is -2.05. The first-order chi connectivity index (χ1) is 11.1. The van der Waals surface area contributed by atoms with Crippen LogP contribution in [0.1, 0.15) is 31.8 Å². The van der Waals surface area contributed by atoms with Crippen LogP contribution in [-0.4, -0.2) is 31.1 Å². The van der Waals surface area contributed by atoms with E-state index in [1.807, 2.05) is 32.1 Å². The highest BCUT2D eigenvalue weighted by Gasteiger charge is 2.18. The Morgan fingerprint density at radius 2 is 1.48 bits per heavy atom. The zero-order valence-corrected chi connectivity index (χ0v) is 13.0. The van der Waals surface area contributed by atoms with Crippen LogP contribution in [0.2, 0.25) is 6.32 Å². The Morgan fingerprint density at radius 3 is 1.96 bits per heavy atom. The van der Waals surface area contributed by atoms with Gasteiger partial charge >= 0.3 is 0 Å². The molecule has 5 heteroatoms. The van der Waals surface area contributed by atoms with Crippen molar-refractivity contribution in [3.63, 3.8) is 0 Å². The van der Waals surface area contributed by atoms with Crippen molar-refractivity contribution >= 4 is 19.4 Å². The van der Waals surface area contributed by atoms with Crippen LogP contribution in [0, 0.1) is 0 Å². The summed E-state index contributed by atoms with van der Waals surface area (Å²) in [7, 11) is 1.85. The van der Waals surface area contributed by atoms with Crippen LogP contribution in [0.5, 0.6) is 0 Å². The number of Topliss-reactive ketones (excluding diaryl/α,β-unsaturated/α-hetero) is 2. The molecule has 0 bridgehead atoms. The molecular weight excluding hydrogens is 291 g/mol. The molecule has 1 aliphatic heterocycles. The third kappa shape index (κ3) is 2.98. The number of carbonyl (C=O) groups is 2. The molecule has 2 aromatic rings. The number of hydrogen-bond acceptors (Lipinski definition) is 4. The molecule has 2 aromatic carbocycles. The van der Waals surface area contributed by atoms with Gasteiger partial charge in [-0.25, -0.2) is 0 Å². The average Bonchev–Trinajstić information content (AvgIpc) is 2.78. The normalized spacial score (nSPS) is 12.9. The van der Waals surface area contributed by atoms with E-state index in [4.69, 9.17) is 9.84 Å². The summed E-state index contributed by atoms with van der Waals surface area (Å²) < 4.78 is 5.70. The first-order valence-electron chi connectivity index (χ1n) is 7.65. The zero-order chi connectivity index (χ0) is 16.4. The first-order valence-corrected chi connectivity index (χ1v) is 7.65. The summed E-state index contributed by atoms with van der Waals surface area (Å²) >= 11 is 0. The van der Waals surface area contributed by atoms with E-state index in [1.165, 1.54) is 0 Å². The lowest BCUT2D eigenvalue weighted by atomic mass is 9.90. The van der Waals surface area contributed by atoms with Crippen LogP contribution < -0.4 is 0 Å². The van der Waals surface area contributed by atoms with Gasteiger partial charge in [-0.15, -0.1) is 0 Å². The van der Waals surface area contributed by atoms with Gasteiger partial charge in [0, 0.05) is 11.1 Å². The van der Waals surface area contributed by atoms with Crippen LogP contribution in [0.15, 0.2) is 36.4 Å². The van der Waals surface area contributed by atoms with Crippen molar-refractivity contribution in [3.05, 3.63) is 58.7 Å². The predicted octanol–water partition coefficient (Wildman–Crippen LogP) is 1.79. The molecule has 23 heavy (non-hydrogen) atoms. The molecule has 0 atom stereocenters. The van der Waals surface area contributed by atoms with Crippen LogP contribution >= 0.6 is 0 Å². The summed E-state index contributed by atoms with van der Waals surface area (Å²) in [5.74, 6) is -0.192. The monoisotopic (exact) mass is 308 g/mol. The fraction of sp³-hybridized carbons (Fsp3) is 0.222. The number of aliphatic hydroxyl groups excluding tert-OH is 1. The van der Waals surface area contributed by atoms with E-state index < -0.39 is 6.61 Å². The highest BCUT2D eigenvalue weighted by molar-refractivity contribution is 6.24. The Labute approximate surface area is 135 Å². The second kappa shape index (κ2) is 6.48. The molecular formula is C18H17BO4. The Bertz CT molecular complexity index is 717. The molecule has 0 saturated heterocycles. The topological polar surface area (TPSA) is 63.6 Å². The van der Waals surface area contributed by atoms with Crippen molar-refractivity contribution in [1.29, 1.82) is 0 Å². The van der Waals surface area contributed by atoms with E-state index in [0.29, 0.717) is 30.7 Å². The Morgan fingerprint density at radius 1 is 0.957 bits per heavy atom. The van der Waals surface area contributed by atoms with Crippen molar-refractivity contribution in [2.24, 2.45) is 0 Å². The van der Waals surface area contributed by atoms with Crippen LogP contribution in [-0.2, 0) is 18.0 Å². The molecule has 0 unspecified atom stereocenters. The second-order valence-electron chi connectivity index (χ2n) is 5.59. The fourth-order valence-corrected chi connectivity index (χ4v) is 2.87. The van der Waals surface area contributed by atoms with Crippen molar-refractivity contribution < 1.29 is 19.4 Å². The Hall–Kier alpha value is -2.24. The molecule has 0 fully saturated rings. The average molecular weight is 308 g/mol. The minimum atomic E-state index is -0.501. The highest BCUT2D eigenvalue weighted by Crippen LogP contribution is 2.33. The van der Waals surface area contributed by atoms with Gasteiger partial charge in [0.05, 0.1) is 13.2 Å². The van der Waals surface area contributed by atoms with Crippen LogP contribution in [0.4, 0.5) is 0 Å². The molecule has 0 radical (unpaired) electrons. The summed E-state index contributed by atoms with van der Waals surface area (Å²) in [4.78, 5) is 23.5. The van der Waals surface area contributed by atoms with Gasteiger partial charge in [-0.1, -0.05) is 24.3 Å². The zero-order valence-electron chi connectivity index (χ0n) is 13.0. The van der Waals surface area contributed by atoms with Gasteiger partial charge < -0.3 is 9.84 Å². The lowest BCUT2D eigenvalue weighted by molar-refractivity contribution is 0.0902. The molecule has 0 saturated carbocycles. The van der Waals surface area contributed by atoms with Crippen molar-refractivity contribution in [1.82, 2.24) is 0 Å². The molecule has 0 amide bonds. The van der Waals surface area contributed by atoms with Gasteiger partial charge in [0.2, 0.25) is 0 Å². The number of hydrogen-bond donors (Lipinski definition) is 1. The lowest BCUT2D eigenvalue weighted by Gasteiger charge is -2.11. The molecule has 3 rings (SSSR count). The molecule has 116 valence electrons. The number of aliphatic hydroxyl groups is 1. The van der Waals surface area contributed by atoms with Gasteiger partial charge in [0.1, 0.15) is 14.5 Å². The molecule has 1 heterocycles. The number of fused-ring (bicyclic) bond motifs is 3. The molecule has 1 aliphatic rings. The highest BCUT2D eigenvalue weighted by atomic mass is 16.5. The number of ketones is 2. The van der Waals surface area contributed by atoms with E-state index in [-0.39, 0.29) is 11.6 Å². The number of benzene rings is 2. The van der Waals surface area contributed by atoms with E-state index in [9.17, 15) is 9.59 Å². The van der Waals surface area contributed by atoms with Crippen LogP contribution in [0.3, 0.4) is 0 Å². The number of carbonyl (C=O) groups excluding carboxylic acids is 2. The number of ether oxygens (including phenoxy) is 1. The molecule has 1 N–H and O–H groups in total. The molecule has 4 nitrogen and oxygen atoms in total. The van der Waals surface area contributed by atoms with Gasteiger partial charge in [-0.3, -0.25) is 9.59 Å². The fourth-order valence-electron chi connectivity index (χ4n) is 2.87. The smallest absolute Gasteiger partial charge is 0.188 e. The van der Waals surface area contributed by atoms with Crippen molar-refractivity contribution in [2.75, 3.05) is 6.61 Å². The van der Waals surface area contributed by atoms with Gasteiger partial charge in [-0.2, -0.15) is 0 Å². The maximum atomic E-state index is 11.9. The van der Waals surface area contributed by atoms with E-state index in [2.05, 4.69) is 0 Å². The third-order valence-corrected chi connectivity index (χ3v) is 4.12. The van der Waals surface area contributed by atoms with Crippen molar-refractivity contribution in [2.45, 2.75) is 19.5 Å². The molecule has 0 spiro atoms. The quantitative estimate of drug-likeness (QED) is 0.691. The summed E-state index contributed by atoms with van der Waals surface area (Å²) in [5, 5.41) is 9.00. The predicted molar refractivity (Wildman–Crippen MR) is 89.5 cm³/mol. The van der Waals surface area contributed by atoms with Gasteiger partial charge in [0.15, 0.2) is 11.6 Å². The minimum absolute atomic E-state index is 0.112. The van der Waals surface area contributed by atoms with E-state index in [1.54, 1.807) is 12.1 Å². The Kier molecular flexibility index (Phi) is 4.41. The van der Waals surface area contributed by atoms with E-state index in [0.717, 1.165) is 22.3 Å². The second-order valence-corrected chi connectivity index (χ2v) is 5.59. The third-order valence-electron chi connectivity index (χ3n) is 4.12. The first kappa shape index (κ1) is 15.7. The summed E-state index contributed by atoms with van der Waals surface area (Å²) in [6.07, 6.45) is 0.475. The summed E-state index contributed by atoms with van der Waals surface area (Å²) in [6, 6.07) is 11.0. The van der Waals surface area contributed by atoms with Crippen molar-refractivity contribution in [3.8, 4) is 11.1 Å². The molecule has 0 aromatic heterocycles. The van der Waals surface area contributed by atoms with Gasteiger partial charge in [-0.05, 0) is 40.7 Å². The summed E-state index contributed by atoms with van der Waals surface area (Å²) in [5.41, 5.74) is 5.10. The standard InChI is InChI=1S/C18H17BO4/c19-7-17(21)11-1-3-15-13(5-11)9-23-10-14-6-12(18(22)8-20)2-4-16(14)15/h1-6,20H,7-10,19H2. The maximum Gasteiger partial charge on any atom is 0.188 e. The van der Waals surface area contributed by atoms with Gasteiger partial charge in [0.25, 0.3) is 0 Å². The molecule has 0 aliphatic carbocycles. The van der Waals surface area contributed by atoms with Crippen LogP contribution in [0.25, 0.3) is 11.1 Å². The Balaban J connectivity index is 2.07. The largest absolute Gasteiger partial charge is 0.388 e. The number of rotatable bonds is 4.